The van der Waals surface area contributed by atoms with Crippen LogP contribution in [0.3, 0.4) is 0 Å². The molecule has 0 saturated carbocycles. The van der Waals surface area contributed by atoms with Gasteiger partial charge in [0.2, 0.25) is 5.91 Å². The summed E-state index contributed by atoms with van der Waals surface area (Å²) >= 11 is 0. The van der Waals surface area contributed by atoms with Gasteiger partial charge in [0, 0.05) is 30.9 Å². The molecule has 1 aliphatic heterocycles. The largest absolute Gasteiger partial charge is 0.383 e. The maximum Gasteiger partial charge on any atom is 0.223 e. The number of carbonyl (C=O) groups excluding carboxylic acids is 1. The summed E-state index contributed by atoms with van der Waals surface area (Å²) in [4.78, 5) is 13.3. The van der Waals surface area contributed by atoms with Crippen LogP contribution in [0, 0.1) is 0 Å². The predicted molar refractivity (Wildman–Crippen MR) is 71.5 cm³/mol. The van der Waals surface area contributed by atoms with Crippen molar-refractivity contribution in [1.82, 2.24) is 0 Å². The van der Waals surface area contributed by atoms with E-state index >= 15 is 0 Å². The number of carbonyl (C=O) groups is 1. The molecule has 1 aliphatic rings. The molecule has 0 fully saturated rings. The zero-order valence-electron chi connectivity index (χ0n) is 10.8. The van der Waals surface area contributed by atoms with Gasteiger partial charge in [-0.25, -0.2) is 0 Å². The standard InChI is InChI=1S/C14H20N2O/c1-4-10(2)15-13-5-6-14-12(9-13)7-8-16(14)11(3)17/h5-6,9-10,15H,4,7-8H2,1-3H3. The first kappa shape index (κ1) is 12.0. The number of nitrogens with zero attached hydrogens (tertiary/aromatic N) is 1. The molecule has 0 aromatic heterocycles. The molecule has 0 radical (unpaired) electrons. The molecule has 1 aromatic carbocycles. The number of rotatable bonds is 3. The summed E-state index contributed by atoms with van der Waals surface area (Å²) in [5.41, 5.74) is 3.50. The van der Waals surface area contributed by atoms with Gasteiger partial charge in [0.25, 0.3) is 0 Å². The third kappa shape index (κ3) is 2.43. The van der Waals surface area contributed by atoms with E-state index in [1.807, 2.05) is 4.90 Å². The van der Waals surface area contributed by atoms with Gasteiger partial charge in [0.1, 0.15) is 0 Å². The first-order valence-electron chi connectivity index (χ1n) is 6.29. The summed E-state index contributed by atoms with van der Waals surface area (Å²) in [6.07, 6.45) is 2.07. The SMILES string of the molecule is CCC(C)Nc1ccc2c(c1)CCN2C(C)=O. The van der Waals surface area contributed by atoms with Gasteiger partial charge in [-0.3, -0.25) is 4.79 Å². The van der Waals surface area contributed by atoms with E-state index in [2.05, 4.69) is 37.4 Å². The molecular weight excluding hydrogens is 212 g/mol. The summed E-state index contributed by atoms with van der Waals surface area (Å²) in [5.74, 6) is 0.131. The molecule has 17 heavy (non-hydrogen) atoms. The summed E-state index contributed by atoms with van der Waals surface area (Å²) in [6, 6.07) is 6.77. The molecule has 1 unspecified atom stereocenters. The van der Waals surface area contributed by atoms with Crippen molar-refractivity contribution in [3.05, 3.63) is 23.8 Å². The van der Waals surface area contributed by atoms with E-state index in [0.29, 0.717) is 6.04 Å². The van der Waals surface area contributed by atoms with E-state index in [0.717, 1.165) is 30.8 Å². The molecule has 1 heterocycles. The van der Waals surface area contributed by atoms with Crippen molar-refractivity contribution in [3.8, 4) is 0 Å². The van der Waals surface area contributed by atoms with E-state index in [9.17, 15) is 4.79 Å². The van der Waals surface area contributed by atoms with Crippen LogP contribution >= 0.6 is 0 Å². The molecular formula is C14H20N2O. The Balaban J connectivity index is 2.19. The van der Waals surface area contributed by atoms with Gasteiger partial charge in [0.05, 0.1) is 0 Å². The highest BCUT2D eigenvalue weighted by atomic mass is 16.2. The summed E-state index contributed by atoms with van der Waals surface area (Å²) in [5, 5.41) is 3.46. The van der Waals surface area contributed by atoms with Gasteiger partial charge in [-0.15, -0.1) is 0 Å². The van der Waals surface area contributed by atoms with Crippen molar-refractivity contribution in [3.63, 3.8) is 0 Å². The first-order chi connectivity index (χ1) is 8.11. The van der Waals surface area contributed by atoms with Crippen molar-refractivity contribution >= 4 is 17.3 Å². The zero-order chi connectivity index (χ0) is 12.4. The Morgan fingerprint density at radius 1 is 1.53 bits per heavy atom. The Morgan fingerprint density at radius 2 is 2.29 bits per heavy atom. The maximum atomic E-state index is 11.4. The minimum Gasteiger partial charge on any atom is -0.383 e. The second-order valence-electron chi connectivity index (χ2n) is 4.72. The third-order valence-electron chi connectivity index (χ3n) is 3.38. The number of hydrogen-bond acceptors (Lipinski definition) is 2. The second-order valence-corrected chi connectivity index (χ2v) is 4.72. The molecule has 3 heteroatoms. The Kier molecular flexibility index (Phi) is 3.36. The second kappa shape index (κ2) is 4.78. The summed E-state index contributed by atoms with van der Waals surface area (Å²) < 4.78 is 0. The normalized spacial score (nSPS) is 15.6. The van der Waals surface area contributed by atoms with Crippen LogP contribution in [0.25, 0.3) is 0 Å². The van der Waals surface area contributed by atoms with Crippen molar-refractivity contribution in [2.24, 2.45) is 0 Å². The molecule has 0 bridgehead atoms. The molecule has 3 nitrogen and oxygen atoms in total. The fourth-order valence-electron chi connectivity index (χ4n) is 2.21. The number of fused-ring (bicyclic) bond motifs is 1. The minimum atomic E-state index is 0.131. The van der Waals surface area contributed by atoms with Crippen LogP contribution < -0.4 is 10.2 Å². The van der Waals surface area contributed by atoms with Gasteiger partial charge < -0.3 is 10.2 Å². The smallest absolute Gasteiger partial charge is 0.223 e. The topological polar surface area (TPSA) is 32.3 Å². The highest BCUT2D eigenvalue weighted by molar-refractivity contribution is 5.94. The molecule has 1 amide bonds. The molecule has 0 spiro atoms. The van der Waals surface area contributed by atoms with E-state index in [1.54, 1.807) is 6.92 Å². The van der Waals surface area contributed by atoms with Crippen LogP contribution in [-0.2, 0) is 11.2 Å². The van der Waals surface area contributed by atoms with Crippen LogP contribution in [0.4, 0.5) is 11.4 Å². The lowest BCUT2D eigenvalue weighted by molar-refractivity contribution is -0.116. The number of nitrogens with one attached hydrogen (secondary N) is 1. The van der Waals surface area contributed by atoms with Crippen molar-refractivity contribution in [2.75, 3.05) is 16.8 Å². The molecule has 0 saturated heterocycles. The van der Waals surface area contributed by atoms with Crippen molar-refractivity contribution in [1.29, 1.82) is 0 Å². The monoisotopic (exact) mass is 232 g/mol. The quantitative estimate of drug-likeness (QED) is 0.869. The Hall–Kier alpha value is -1.51. The van der Waals surface area contributed by atoms with Gasteiger partial charge >= 0.3 is 0 Å². The fourth-order valence-corrected chi connectivity index (χ4v) is 2.21. The highest BCUT2D eigenvalue weighted by Gasteiger charge is 2.22. The predicted octanol–water partition coefficient (Wildman–Crippen LogP) is 2.81. The zero-order valence-corrected chi connectivity index (χ0v) is 10.8. The molecule has 0 aliphatic carbocycles. The maximum absolute atomic E-state index is 11.4. The molecule has 92 valence electrons. The van der Waals surface area contributed by atoms with Crippen LogP contribution in [0.2, 0.25) is 0 Å². The van der Waals surface area contributed by atoms with Crippen molar-refractivity contribution in [2.45, 2.75) is 39.7 Å². The first-order valence-corrected chi connectivity index (χ1v) is 6.29. The third-order valence-corrected chi connectivity index (χ3v) is 3.38. The van der Waals surface area contributed by atoms with Crippen molar-refractivity contribution < 1.29 is 4.79 Å². The summed E-state index contributed by atoms with van der Waals surface area (Å²) in [7, 11) is 0. The van der Waals surface area contributed by atoms with E-state index in [4.69, 9.17) is 0 Å². The van der Waals surface area contributed by atoms with Crippen LogP contribution in [0.15, 0.2) is 18.2 Å². The minimum absolute atomic E-state index is 0.131. The Labute approximate surface area is 103 Å². The highest BCUT2D eigenvalue weighted by Crippen LogP contribution is 2.30. The van der Waals surface area contributed by atoms with Gasteiger partial charge in [0.15, 0.2) is 0 Å². The van der Waals surface area contributed by atoms with E-state index in [1.165, 1.54) is 5.56 Å². The van der Waals surface area contributed by atoms with Gasteiger partial charge in [-0.2, -0.15) is 0 Å². The fraction of sp³-hybridized carbons (Fsp3) is 0.500. The van der Waals surface area contributed by atoms with Crippen LogP contribution in [-0.4, -0.2) is 18.5 Å². The molecule has 1 aromatic rings. The number of hydrogen-bond donors (Lipinski definition) is 1. The van der Waals surface area contributed by atoms with Crippen LogP contribution in [0.1, 0.15) is 32.8 Å². The number of amides is 1. The molecule has 1 atom stereocenters. The van der Waals surface area contributed by atoms with Gasteiger partial charge in [-0.05, 0) is 43.5 Å². The van der Waals surface area contributed by atoms with E-state index < -0.39 is 0 Å². The Morgan fingerprint density at radius 3 is 2.94 bits per heavy atom. The number of benzene rings is 1. The lowest BCUT2D eigenvalue weighted by Crippen LogP contribution is -2.25. The lowest BCUT2D eigenvalue weighted by Gasteiger charge is -2.17. The lowest BCUT2D eigenvalue weighted by atomic mass is 10.1. The molecule has 2 rings (SSSR count). The molecule has 1 N–H and O–H groups in total. The average molecular weight is 232 g/mol. The Bertz CT molecular complexity index is 428. The number of anilines is 2. The van der Waals surface area contributed by atoms with E-state index in [-0.39, 0.29) is 5.91 Å². The van der Waals surface area contributed by atoms with Gasteiger partial charge in [-0.1, -0.05) is 6.92 Å². The average Bonchev–Trinajstić information content (AvgIpc) is 2.71. The summed E-state index contributed by atoms with van der Waals surface area (Å²) in [6.45, 7) is 6.79. The van der Waals surface area contributed by atoms with Crippen LogP contribution in [0.5, 0.6) is 0 Å².